The van der Waals surface area contributed by atoms with E-state index in [0.717, 1.165) is 16.7 Å². The Bertz CT molecular complexity index is 807. The maximum Gasteiger partial charge on any atom is 0.119 e. The number of benzene rings is 2. The van der Waals surface area contributed by atoms with Gasteiger partial charge in [0.25, 0.3) is 0 Å². The van der Waals surface area contributed by atoms with Crippen molar-refractivity contribution >= 4 is 0 Å². The van der Waals surface area contributed by atoms with E-state index in [1.165, 1.54) is 0 Å². The third kappa shape index (κ3) is 9.52. The quantitative estimate of drug-likeness (QED) is 0.419. The molecule has 5 heteroatoms. The number of hydrogen-bond donors (Lipinski definition) is 3. The van der Waals surface area contributed by atoms with Crippen molar-refractivity contribution < 1.29 is 24.8 Å². The van der Waals surface area contributed by atoms with E-state index in [9.17, 15) is 10.2 Å². The number of hydrogen-bond acceptors (Lipinski definition) is 5. The lowest BCUT2D eigenvalue weighted by Gasteiger charge is -2.15. The predicted molar refractivity (Wildman–Crippen MR) is 122 cm³/mol. The fraction of sp³-hybridized carbons (Fsp3) is 0.423. The van der Waals surface area contributed by atoms with Crippen LogP contribution in [0, 0.1) is 5.92 Å². The Morgan fingerprint density at radius 3 is 2.39 bits per heavy atom. The van der Waals surface area contributed by atoms with Gasteiger partial charge in [-0.3, -0.25) is 0 Å². The Kier molecular flexibility index (Phi) is 11.1. The molecule has 3 N–H and O–H groups in total. The van der Waals surface area contributed by atoms with Crippen molar-refractivity contribution in [3.8, 4) is 5.75 Å². The smallest absolute Gasteiger partial charge is 0.119 e. The second kappa shape index (κ2) is 13.8. The fourth-order valence-electron chi connectivity index (χ4n) is 3.05. The summed E-state index contributed by atoms with van der Waals surface area (Å²) in [6.07, 6.45) is 1.49. The van der Waals surface area contributed by atoms with Gasteiger partial charge in [-0.1, -0.05) is 56.3 Å². The molecule has 0 aromatic heterocycles. The Labute approximate surface area is 185 Å². The van der Waals surface area contributed by atoms with Crippen LogP contribution in [0.5, 0.6) is 5.75 Å². The minimum atomic E-state index is -0.646. The maximum absolute atomic E-state index is 10.4. The molecule has 0 aliphatic rings. The summed E-state index contributed by atoms with van der Waals surface area (Å²) >= 11 is 0. The van der Waals surface area contributed by atoms with Crippen LogP contribution >= 0.6 is 0 Å². The van der Waals surface area contributed by atoms with Gasteiger partial charge in [0, 0.05) is 12.8 Å². The highest BCUT2D eigenvalue weighted by molar-refractivity contribution is 5.28. The summed E-state index contributed by atoms with van der Waals surface area (Å²) in [5.41, 5.74) is 6.12. The number of aliphatic hydroxyl groups excluding tert-OH is 3. The monoisotopic (exact) mass is 426 g/mol. The molecule has 0 saturated heterocycles. The largest absolute Gasteiger partial charge is 0.491 e. The summed E-state index contributed by atoms with van der Waals surface area (Å²) < 4.78 is 11.0. The minimum Gasteiger partial charge on any atom is -0.491 e. The first-order chi connectivity index (χ1) is 15.0. The van der Waals surface area contributed by atoms with Crippen LogP contribution in [0.15, 0.2) is 72.0 Å². The van der Waals surface area contributed by atoms with Crippen LogP contribution in [0.25, 0.3) is 0 Å². The normalized spacial score (nSPS) is 12.8. The van der Waals surface area contributed by atoms with Gasteiger partial charge in [-0.2, -0.15) is 0 Å². The average molecular weight is 427 g/mol. The molecule has 2 aromatic rings. The molecule has 168 valence electrons. The van der Waals surface area contributed by atoms with E-state index in [2.05, 4.69) is 19.6 Å². The summed E-state index contributed by atoms with van der Waals surface area (Å²) in [4.78, 5) is 0. The average Bonchev–Trinajstić information content (AvgIpc) is 2.78. The van der Waals surface area contributed by atoms with Crippen LogP contribution in [0.4, 0.5) is 0 Å². The summed E-state index contributed by atoms with van der Waals surface area (Å²) in [7, 11) is 0. The van der Waals surface area contributed by atoms with E-state index in [-0.39, 0.29) is 25.7 Å². The molecule has 0 heterocycles. The van der Waals surface area contributed by atoms with Gasteiger partial charge in [-0.05, 0) is 40.8 Å². The predicted octanol–water partition coefficient (Wildman–Crippen LogP) is 4.19. The first-order valence-electron chi connectivity index (χ1n) is 10.7. The molecule has 0 aliphatic heterocycles. The molecular formula is C26H34O5. The third-order valence-electron chi connectivity index (χ3n) is 4.83. The molecule has 2 atom stereocenters. The van der Waals surface area contributed by atoms with Crippen molar-refractivity contribution in [2.24, 2.45) is 5.92 Å². The molecule has 0 saturated carbocycles. The highest BCUT2D eigenvalue weighted by Gasteiger charge is 2.11. The van der Waals surface area contributed by atoms with Crippen LogP contribution in [0.2, 0.25) is 0 Å². The second-order valence-corrected chi connectivity index (χ2v) is 7.78. The second-order valence-electron chi connectivity index (χ2n) is 7.78. The van der Waals surface area contributed by atoms with Crippen LogP contribution in [-0.2, 0) is 11.3 Å². The number of aliphatic hydroxyl groups is 3. The molecule has 0 radical (unpaired) electrons. The van der Waals surface area contributed by atoms with E-state index >= 15 is 0 Å². The number of rotatable bonds is 13. The van der Waals surface area contributed by atoms with Crippen molar-refractivity contribution in [2.75, 3.05) is 19.8 Å². The van der Waals surface area contributed by atoms with Gasteiger partial charge < -0.3 is 24.8 Å². The lowest BCUT2D eigenvalue weighted by atomic mass is 9.97. The van der Waals surface area contributed by atoms with Crippen molar-refractivity contribution in [1.29, 1.82) is 0 Å². The summed E-state index contributed by atoms with van der Waals surface area (Å²) in [6, 6.07) is 17.1. The van der Waals surface area contributed by atoms with Gasteiger partial charge in [0.1, 0.15) is 12.4 Å². The van der Waals surface area contributed by atoms with Crippen LogP contribution in [0.3, 0.4) is 0 Å². The van der Waals surface area contributed by atoms with Gasteiger partial charge in [-0.15, -0.1) is 5.73 Å². The van der Waals surface area contributed by atoms with Crippen molar-refractivity contribution in [1.82, 2.24) is 0 Å². The van der Waals surface area contributed by atoms with Crippen LogP contribution < -0.4 is 4.74 Å². The molecule has 0 spiro atoms. The van der Waals surface area contributed by atoms with Crippen molar-refractivity contribution in [2.45, 2.75) is 45.5 Å². The zero-order chi connectivity index (χ0) is 22.5. The van der Waals surface area contributed by atoms with E-state index in [1.54, 1.807) is 12.1 Å². The Hall–Kier alpha value is -2.40. The lowest BCUT2D eigenvalue weighted by Crippen LogP contribution is -2.17. The molecule has 0 amide bonds. The molecule has 0 fully saturated rings. The fourth-order valence-corrected chi connectivity index (χ4v) is 3.05. The SMILES string of the molecule is CC(C)C(=C=CC[C@H](O)c1ccc(OCCO)cc1)C[C@H](O)COCc1ccccc1. The highest BCUT2D eigenvalue weighted by atomic mass is 16.5. The molecule has 0 aliphatic carbocycles. The zero-order valence-corrected chi connectivity index (χ0v) is 18.4. The molecule has 0 bridgehead atoms. The molecule has 31 heavy (non-hydrogen) atoms. The van der Waals surface area contributed by atoms with E-state index in [1.807, 2.05) is 48.5 Å². The zero-order valence-electron chi connectivity index (χ0n) is 18.4. The van der Waals surface area contributed by atoms with E-state index < -0.39 is 12.2 Å². The van der Waals surface area contributed by atoms with E-state index in [4.69, 9.17) is 14.6 Å². The van der Waals surface area contributed by atoms with Crippen molar-refractivity contribution in [3.05, 3.63) is 83.1 Å². The van der Waals surface area contributed by atoms with Gasteiger partial charge >= 0.3 is 0 Å². The Balaban J connectivity index is 1.85. The molecular weight excluding hydrogens is 392 g/mol. The summed E-state index contributed by atoms with van der Waals surface area (Å²) in [5, 5.41) is 29.6. The highest BCUT2D eigenvalue weighted by Crippen LogP contribution is 2.21. The number of ether oxygens (including phenoxy) is 2. The van der Waals surface area contributed by atoms with Gasteiger partial charge in [0.15, 0.2) is 0 Å². The Morgan fingerprint density at radius 1 is 1.03 bits per heavy atom. The maximum atomic E-state index is 10.4. The molecule has 0 unspecified atom stereocenters. The molecule has 2 rings (SSSR count). The first-order valence-corrected chi connectivity index (χ1v) is 10.7. The van der Waals surface area contributed by atoms with E-state index in [0.29, 0.717) is 25.2 Å². The van der Waals surface area contributed by atoms with Gasteiger partial charge in [0.05, 0.1) is 32.0 Å². The standard InChI is InChI=1S/C26H34O5/c1-20(2)23(17-24(28)19-30-18-21-7-4-3-5-8-21)9-6-10-26(29)22-11-13-25(14-12-22)31-16-15-27/h3-8,11-14,20,24,26-29H,10,15-19H2,1-2H3/t9?,24-,26-/m0/s1. The first kappa shape index (κ1) is 24.9. The van der Waals surface area contributed by atoms with Crippen LogP contribution in [0.1, 0.15) is 43.9 Å². The van der Waals surface area contributed by atoms with Crippen LogP contribution in [-0.4, -0.2) is 41.2 Å². The van der Waals surface area contributed by atoms with Crippen molar-refractivity contribution in [3.63, 3.8) is 0 Å². The van der Waals surface area contributed by atoms with Gasteiger partial charge in [-0.25, -0.2) is 0 Å². The minimum absolute atomic E-state index is 0.0342. The summed E-state index contributed by atoms with van der Waals surface area (Å²) in [5.74, 6) is 0.895. The third-order valence-corrected chi connectivity index (χ3v) is 4.83. The topological polar surface area (TPSA) is 79.2 Å². The lowest BCUT2D eigenvalue weighted by molar-refractivity contribution is 0.0280. The molecule has 2 aromatic carbocycles. The Morgan fingerprint density at radius 2 is 1.74 bits per heavy atom. The molecule has 5 nitrogen and oxygen atoms in total. The summed E-state index contributed by atoms with van der Waals surface area (Å²) in [6.45, 7) is 5.08. The van der Waals surface area contributed by atoms with Gasteiger partial charge in [0.2, 0.25) is 0 Å².